The molecule has 0 saturated carbocycles. The Bertz CT molecular complexity index is 592. The van der Waals surface area contributed by atoms with Crippen molar-refractivity contribution in [3.05, 3.63) is 45.0 Å². The number of fused-ring (bicyclic) bond motifs is 1. The molecule has 0 radical (unpaired) electrons. The van der Waals surface area contributed by atoms with Crippen LogP contribution in [0.25, 0.3) is 5.65 Å². The Morgan fingerprint density at radius 1 is 1.56 bits per heavy atom. The number of hydrogen-bond donors (Lipinski definition) is 1. The molecule has 16 heavy (non-hydrogen) atoms. The standard InChI is InChI=1S/C11H11ClN2O2/c1-7-9(3-5-15)11(16)14-4-2-8(12)6-10(14)13-7/h2,4,6,15H,3,5H2,1H3. The van der Waals surface area contributed by atoms with Crippen LogP contribution in [0.5, 0.6) is 0 Å². The van der Waals surface area contributed by atoms with Crippen LogP contribution in [0.3, 0.4) is 0 Å². The molecule has 0 spiro atoms. The number of aliphatic hydroxyl groups is 1. The third-order valence-electron chi connectivity index (χ3n) is 2.45. The van der Waals surface area contributed by atoms with Gasteiger partial charge < -0.3 is 5.11 Å². The lowest BCUT2D eigenvalue weighted by Gasteiger charge is -2.06. The molecule has 0 unspecified atom stereocenters. The van der Waals surface area contributed by atoms with Crippen molar-refractivity contribution in [2.45, 2.75) is 13.3 Å². The average molecular weight is 239 g/mol. The molecule has 4 nitrogen and oxygen atoms in total. The van der Waals surface area contributed by atoms with Crippen molar-refractivity contribution in [2.75, 3.05) is 6.61 Å². The lowest BCUT2D eigenvalue weighted by atomic mass is 10.2. The van der Waals surface area contributed by atoms with E-state index in [1.165, 1.54) is 4.40 Å². The molecule has 0 fully saturated rings. The highest BCUT2D eigenvalue weighted by Crippen LogP contribution is 2.11. The van der Waals surface area contributed by atoms with Crippen LogP contribution in [0.2, 0.25) is 5.02 Å². The van der Waals surface area contributed by atoms with Gasteiger partial charge in [-0.15, -0.1) is 0 Å². The molecule has 5 heteroatoms. The molecule has 0 aliphatic rings. The number of hydrogen-bond acceptors (Lipinski definition) is 3. The number of rotatable bonds is 2. The van der Waals surface area contributed by atoms with E-state index in [1.54, 1.807) is 25.3 Å². The highest BCUT2D eigenvalue weighted by atomic mass is 35.5. The molecule has 2 rings (SSSR count). The first kappa shape index (κ1) is 11.1. The van der Waals surface area contributed by atoms with Crippen molar-refractivity contribution in [1.82, 2.24) is 9.38 Å². The molecule has 0 aromatic carbocycles. The molecular weight excluding hydrogens is 228 g/mol. The van der Waals surface area contributed by atoms with Gasteiger partial charge in [-0.25, -0.2) is 4.98 Å². The van der Waals surface area contributed by atoms with Crippen molar-refractivity contribution >= 4 is 17.2 Å². The Morgan fingerprint density at radius 3 is 3.00 bits per heavy atom. The molecule has 0 aliphatic heterocycles. The average Bonchev–Trinajstić information content (AvgIpc) is 2.23. The SMILES string of the molecule is Cc1nc2cc(Cl)ccn2c(=O)c1CCO. The van der Waals surface area contributed by atoms with E-state index in [-0.39, 0.29) is 12.2 Å². The fraction of sp³-hybridized carbons (Fsp3) is 0.273. The minimum absolute atomic E-state index is 0.0581. The Kier molecular flexibility index (Phi) is 2.94. The molecule has 0 bridgehead atoms. The van der Waals surface area contributed by atoms with Gasteiger partial charge in [0, 0.05) is 41.6 Å². The third kappa shape index (κ3) is 1.81. The molecular formula is C11H11ClN2O2. The molecule has 2 aromatic rings. The van der Waals surface area contributed by atoms with E-state index in [0.29, 0.717) is 28.3 Å². The van der Waals surface area contributed by atoms with Crippen LogP contribution >= 0.6 is 11.6 Å². The van der Waals surface area contributed by atoms with Gasteiger partial charge >= 0.3 is 0 Å². The largest absolute Gasteiger partial charge is 0.396 e. The van der Waals surface area contributed by atoms with Crippen molar-refractivity contribution in [2.24, 2.45) is 0 Å². The topological polar surface area (TPSA) is 54.6 Å². The minimum atomic E-state index is -0.145. The summed E-state index contributed by atoms with van der Waals surface area (Å²) in [4.78, 5) is 16.3. The minimum Gasteiger partial charge on any atom is -0.396 e. The molecule has 0 aliphatic carbocycles. The zero-order chi connectivity index (χ0) is 11.7. The first-order valence-corrected chi connectivity index (χ1v) is 5.29. The van der Waals surface area contributed by atoms with Gasteiger partial charge in [-0.2, -0.15) is 0 Å². The Hall–Kier alpha value is -1.39. The smallest absolute Gasteiger partial charge is 0.261 e. The van der Waals surface area contributed by atoms with Gasteiger partial charge in [0.15, 0.2) is 0 Å². The summed E-state index contributed by atoms with van der Waals surface area (Å²) in [5.74, 6) is 0. The van der Waals surface area contributed by atoms with Crippen LogP contribution in [-0.2, 0) is 6.42 Å². The second-order valence-corrected chi connectivity index (χ2v) is 3.96. The van der Waals surface area contributed by atoms with E-state index in [1.807, 2.05) is 0 Å². The second kappa shape index (κ2) is 4.23. The van der Waals surface area contributed by atoms with Crippen LogP contribution in [-0.4, -0.2) is 21.1 Å². The van der Waals surface area contributed by atoms with E-state index in [9.17, 15) is 4.79 Å². The van der Waals surface area contributed by atoms with E-state index >= 15 is 0 Å². The first-order valence-electron chi connectivity index (χ1n) is 4.91. The highest BCUT2D eigenvalue weighted by Gasteiger charge is 2.08. The maximum absolute atomic E-state index is 12.0. The monoisotopic (exact) mass is 238 g/mol. The van der Waals surface area contributed by atoms with Gasteiger partial charge in [-0.05, 0) is 13.0 Å². The van der Waals surface area contributed by atoms with Crippen LogP contribution in [0.1, 0.15) is 11.3 Å². The maximum Gasteiger partial charge on any atom is 0.261 e. The highest BCUT2D eigenvalue weighted by molar-refractivity contribution is 6.30. The molecule has 0 amide bonds. The summed E-state index contributed by atoms with van der Waals surface area (Å²) in [5.41, 5.74) is 1.56. The van der Waals surface area contributed by atoms with E-state index < -0.39 is 0 Å². The molecule has 84 valence electrons. The number of aryl methyl sites for hydroxylation is 1. The van der Waals surface area contributed by atoms with Crippen molar-refractivity contribution in [3.8, 4) is 0 Å². The zero-order valence-electron chi connectivity index (χ0n) is 8.77. The number of pyridine rings is 1. The van der Waals surface area contributed by atoms with Crippen LogP contribution in [0.15, 0.2) is 23.1 Å². The fourth-order valence-corrected chi connectivity index (χ4v) is 1.81. The number of nitrogens with zero attached hydrogens (tertiary/aromatic N) is 2. The summed E-state index contributed by atoms with van der Waals surface area (Å²) in [6.45, 7) is 1.70. The summed E-state index contributed by atoms with van der Waals surface area (Å²) in [6, 6.07) is 3.27. The van der Waals surface area contributed by atoms with Crippen molar-refractivity contribution < 1.29 is 5.11 Å². The molecule has 2 aromatic heterocycles. The fourth-order valence-electron chi connectivity index (χ4n) is 1.66. The Balaban J connectivity index is 2.78. The Morgan fingerprint density at radius 2 is 2.31 bits per heavy atom. The number of aliphatic hydroxyl groups excluding tert-OH is 1. The summed E-state index contributed by atoms with van der Waals surface area (Å²) in [5, 5.41) is 9.43. The van der Waals surface area contributed by atoms with Crippen molar-refractivity contribution in [3.63, 3.8) is 0 Å². The first-order chi connectivity index (χ1) is 7.63. The van der Waals surface area contributed by atoms with Gasteiger partial charge in [-0.3, -0.25) is 9.20 Å². The summed E-state index contributed by atoms with van der Waals surface area (Å²) < 4.78 is 1.43. The summed E-state index contributed by atoms with van der Waals surface area (Å²) in [7, 11) is 0. The molecule has 1 N–H and O–H groups in total. The number of aromatic nitrogens is 2. The molecule has 0 atom stereocenters. The normalized spacial score (nSPS) is 10.9. The second-order valence-electron chi connectivity index (χ2n) is 3.53. The quantitative estimate of drug-likeness (QED) is 0.855. The predicted octanol–water partition coefficient (Wildman–Crippen LogP) is 1.19. The van der Waals surface area contributed by atoms with Gasteiger partial charge in [0.1, 0.15) is 5.65 Å². The lowest BCUT2D eigenvalue weighted by molar-refractivity contribution is 0.298. The van der Waals surface area contributed by atoms with Crippen LogP contribution in [0.4, 0.5) is 0 Å². The molecule has 2 heterocycles. The van der Waals surface area contributed by atoms with E-state index in [2.05, 4.69) is 4.98 Å². The summed E-state index contributed by atoms with van der Waals surface area (Å²) >= 11 is 5.83. The van der Waals surface area contributed by atoms with E-state index in [0.717, 1.165) is 0 Å². The Labute approximate surface area is 97.1 Å². The van der Waals surface area contributed by atoms with Crippen LogP contribution < -0.4 is 5.56 Å². The van der Waals surface area contributed by atoms with Gasteiger partial charge in [0.2, 0.25) is 0 Å². The lowest BCUT2D eigenvalue weighted by Crippen LogP contribution is -2.22. The number of halogens is 1. The molecule has 0 saturated heterocycles. The third-order valence-corrected chi connectivity index (χ3v) is 2.69. The van der Waals surface area contributed by atoms with Gasteiger partial charge in [0.05, 0.1) is 0 Å². The maximum atomic E-state index is 12.0. The zero-order valence-corrected chi connectivity index (χ0v) is 9.53. The van der Waals surface area contributed by atoms with Crippen molar-refractivity contribution in [1.29, 1.82) is 0 Å². The van der Waals surface area contributed by atoms with Crippen LogP contribution in [0, 0.1) is 6.92 Å². The van der Waals surface area contributed by atoms with Gasteiger partial charge in [0.25, 0.3) is 5.56 Å². The van der Waals surface area contributed by atoms with E-state index in [4.69, 9.17) is 16.7 Å². The summed E-state index contributed by atoms with van der Waals surface area (Å²) in [6.07, 6.45) is 1.91. The van der Waals surface area contributed by atoms with Gasteiger partial charge in [-0.1, -0.05) is 11.6 Å². The predicted molar refractivity (Wildman–Crippen MR) is 62.0 cm³/mol.